The molecule has 0 atom stereocenters. The number of benzene rings is 1. The molecule has 0 aromatic heterocycles. The smallest absolute Gasteiger partial charge is 0.254 e. The molecule has 104 valence electrons. The summed E-state index contributed by atoms with van der Waals surface area (Å²) in [6.07, 6.45) is 0. The summed E-state index contributed by atoms with van der Waals surface area (Å²) in [4.78, 5) is 24.8. The van der Waals surface area contributed by atoms with Gasteiger partial charge in [-0.25, -0.2) is 0 Å². The zero-order valence-electron chi connectivity index (χ0n) is 11.1. The SMILES string of the molecule is COc1ccc(C(=O)N(CC(N)=O)C(C)C)cc1Br. The second-order valence-electron chi connectivity index (χ2n) is 4.34. The molecular weight excluding hydrogens is 312 g/mol. The lowest BCUT2D eigenvalue weighted by Crippen LogP contribution is -2.42. The molecule has 0 radical (unpaired) electrons. The number of nitrogens with zero attached hydrogens (tertiary/aromatic N) is 1. The minimum Gasteiger partial charge on any atom is -0.496 e. The van der Waals surface area contributed by atoms with Crippen LogP contribution in [0, 0.1) is 0 Å². The van der Waals surface area contributed by atoms with Crippen molar-refractivity contribution < 1.29 is 14.3 Å². The lowest BCUT2D eigenvalue weighted by atomic mass is 10.1. The van der Waals surface area contributed by atoms with E-state index in [0.717, 1.165) is 0 Å². The minimum atomic E-state index is -0.533. The van der Waals surface area contributed by atoms with Crippen molar-refractivity contribution in [1.82, 2.24) is 4.90 Å². The third-order valence-corrected chi connectivity index (χ3v) is 3.23. The summed E-state index contributed by atoms with van der Waals surface area (Å²) in [5.74, 6) is -0.130. The highest BCUT2D eigenvalue weighted by Crippen LogP contribution is 2.26. The number of rotatable bonds is 5. The van der Waals surface area contributed by atoms with Crippen LogP contribution in [0.2, 0.25) is 0 Å². The molecule has 19 heavy (non-hydrogen) atoms. The van der Waals surface area contributed by atoms with E-state index in [9.17, 15) is 9.59 Å². The fraction of sp³-hybridized carbons (Fsp3) is 0.385. The Labute approximate surface area is 120 Å². The number of ether oxygens (including phenoxy) is 1. The molecule has 0 saturated carbocycles. The van der Waals surface area contributed by atoms with Crippen LogP contribution in [0.3, 0.4) is 0 Å². The number of methoxy groups -OCH3 is 1. The Morgan fingerprint density at radius 3 is 2.47 bits per heavy atom. The number of carbonyl (C=O) groups excluding carboxylic acids is 2. The van der Waals surface area contributed by atoms with Crippen molar-refractivity contribution in [2.24, 2.45) is 5.73 Å². The fourth-order valence-electron chi connectivity index (χ4n) is 1.62. The fourth-order valence-corrected chi connectivity index (χ4v) is 2.16. The Balaban J connectivity index is 3.03. The Bertz CT molecular complexity index is 489. The Hall–Kier alpha value is -1.56. The number of carbonyl (C=O) groups is 2. The van der Waals surface area contributed by atoms with E-state index in [0.29, 0.717) is 15.8 Å². The number of primary amides is 1. The Kier molecular flexibility index (Phi) is 5.35. The zero-order valence-corrected chi connectivity index (χ0v) is 12.7. The maximum Gasteiger partial charge on any atom is 0.254 e. The van der Waals surface area contributed by atoms with E-state index in [1.807, 2.05) is 13.8 Å². The van der Waals surface area contributed by atoms with Gasteiger partial charge in [-0.3, -0.25) is 9.59 Å². The van der Waals surface area contributed by atoms with Crippen LogP contribution in [0.5, 0.6) is 5.75 Å². The molecule has 0 bridgehead atoms. The van der Waals surface area contributed by atoms with Crippen molar-refractivity contribution in [2.75, 3.05) is 13.7 Å². The summed E-state index contributed by atoms with van der Waals surface area (Å²) >= 11 is 3.33. The highest BCUT2D eigenvalue weighted by atomic mass is 79.9. The highest BCUT2D eigenvalue weighted by molar-refractivity contribution is 9.10. The Morgan fingerprint density at radius 2 is 2.05 bits per heavy atom. The number of hydrogen-bond donors (Lipinski definition) is 1. The standard InChI is InChI=1S/C13H17BrN2O3/c1-8(2)16(7-12(15)17)13(18)9-4-5-11(19-3)10(14)6-9/h4-6,8H,7H2,1-3H3,(H2,15,17). The van der Waals surface area contributed by atoms with Crippen LogP contribution in [0.15, 0.2) is 22.7 Å². The summed E-state index contributed by atoms with van der Waals surface area (Å²) in [5, 5.41) is 0. The average Bonchev–Trinajstić information content (AvgIpc) is 2.34. The molecule has 0 aliphatic carbocycles. The molecule has 0 aliphatic heterocycles. The van der Waals surface area contributed by atoms with Gasteiger partial charge in [0.25, 0.3) is 5.91 Å². The van der Waals surface area contributed by atoms with Gasteiger partial charge in [-0.15, -0.1) is 0 Å². The lowest BCUT2D eigenvalue weighted by molar-refractivity contribution is -0.119. The van der Waals surface area contributed by atoms with E-state index in [1.54, 1.807) is 25.3 Å². The first kappa shape index (κ1) is 15.5. The van der Waals surface area contributed by atoms with E-state index in [2.05, 4.69) is 15.9 Å². The van der Waals surface area contributed by atoms with Gasteiger partial charge in [-0.2, -0.15) is 0 Å². The van der Waals surface area contributed by atoms with Gasteiger partial charge >= 0.3 is 0 Å². The van der Waals surface area contributed by atoms with Crippen molar-refractivity contribution in [1.29, 1.82) is 0 Å². The molecule has 0 fully saturated rings. The number of nitrogens with two attached hydrogens (primary N) is 1. The van der Waals surface area contributed by atoms with Crippen LogP contribution in [0.25, 0.3) is 0 Å². The maximum atomic E-state index is 12.3. The quantitative estimate of drug-likeness (QED) is 0.895. The summed E-state index contributed by atoms with van der Waals surface area (Å²) in [6.45, 7) is 3.57. The normalized spacial score (nSPS) is 10.4. The van der Waals surface area contributed by atoms with E-state index >= 15 is 0 Å². The van der Waals surface area contributed by atoms with E-state index in [-0.39, 0.29) is 18.5 Å². The first-order chi connectivity index (χ1) is 8.86. The second-order valence-corrected chi connectivity index (χ2v) is 5.20. The van der Waals surface area contributed by atoms with Crippen LogP contribution in [0.4, 0.5) is 0 Å². The summed E-state index contributed by atoms with van der Waals surface area (Å²) in [6, 6.07) is 4.90. The van der Waals surface area contributed by atoms with Crippen molar-refractivity contribution in [3.63, 3.8) is 0 Å². The zero-order chi connectivity index (χ0) is 14.6. The number of halogens is 1. The molecule has 1 aromatic carbocycles. The van der Waals surface area contributed by atoms with Crippen molar-refractivity contribution >= 4 is 27.7 Å². The predicted octanol–water partition coefficient (Wildman–Crippen LogP) is 1.79. The molecule has 0 spiro atoms. The van der Waals surface area contributed by atoms with Crippen molar-refractivity contribution in [3.05, 3.63) is 28.2 Å². The summed E-state index contributed by atoms with van der Waals surface area (Å²) < 4.78 is 5.79. The third-order valence-electron chi connectivity index (χ3n) is 2.61. The molecule has 2 amide bonds. The first-order valence-electron chi connectivity index (χ1n) is 5.79. The molecule has 0 aliphatic rings. The van der Waals surface area contributed by atoms with Gasteiger partial charge in [0, 0.05) is 11.6 Å². The second kappa shape index (κ2) is 6.56. The molecule has 1 aromatic rings. The van der Waals surface area contributed by atoms with Gasteiger partial charge in [0.1, 0.15) is 5.75 Å². The van der Waals surface area contributed by atoms with Crippen molar-refractivity contribution in [2.45, 2.75) is 19.9 Å². The van der Waals surface area contributed by atoms with Crippen molar-refractivity contribution in [3.8, 4) is 5.75 Å². The van der Waals surface area contributed by atoms with Gasteiger partial charge < -0.3 is 15.4 Å². The molecule has 1 rings (SSSR count). The van der Waals surface area contributed by atoms with Gasteiger partial charge in [-0.05, 0) is 48.0 Å². The van der Waals surface area contributed by atoms with Gasteiger partial charge in [0.2, 0.25) is 5.91 Å². The number of amides is 2. The largest absolute Gasteiger partial charge is 0.496 e. The molecule has 2 N–H and O–H groups in total. The molecule has 6 heteroatoms. The predicted molar refractivity (Wildman–Crippen MR) is 76.1 cm³/mol. The maximum absolute atomic E-state index is 12.3. The van der Waals surface area contributed by atoms with Gasteiger partial charge in [0.05, 0.1) is 18.1 Å². The lowest BCUT2D eigenvalue weighted by Gasteiger charge is -2.25. The summed E-state index contributed by atoms with van der Waals surface area (Å²) in [7, 11) is 1.55. The van der Waals surface area contributed by atoms with Crippen LogP contribution in [-0.2, 0) is 4.79 Å². The molecule has 5 nitrogen and oxygen atoms in total. The molecular formula is C13H17BrN2O3. The minimum absolute atomic E-state index is 0.0971. The van der Waals surface area contributed by atoms with Crippen LogP contribution < -0.4 is 10.5 Å². The van der Waals surface area contributed by atoms with Crippen LogP contribution in [0.1, 0.15) is 24.2 Å². The number of hydrogen-bond acceptors (Lipinski definition) is 3. The van der Waals surface area contributed by atoms with Gasteiger partial charge in [0.15, 0.2) is 0 Å². The monoisotopic (exact) mass is 328 g/mol. The van der Waals surface area contributed by atoms with Gasteiger partial charge in [-0.1, -0.05) is 0 Å². The molecule has 0 heterocycles. The first-order valence-corrected chi connectivity index (χ1v) is 6.59. The molecule has 0 unspecified atom stereocenters. The summed E-state index contributed by atoms with van der Waals surface area (Å²) in [5.41, 5.74) is 5.64. The van der Waals surface area contributed by atoms with E-state index in [4.69, 9.17) is 10.5 Å². The van der Waals surface area contributed by atoms with E-state index < -0.39 is 5.91 Å². The highest BCUT2D eigenvalue weighted by Gasteiger charge is 2.21. The topological polar surface area (TPSA) is 72.6 Å². The molecule has 0 saturated heterocycles. The van der Waals surface area contributed by atoms with Crippen LogP contribution >= 0.6 is 15.9 Å². The van der Waals surface area contributed by atoms with E-state index in [1.165, 1.54) is 4.90 Å². The third kappa shape index (κ3) is 3.96. The Morgan fingerprint density at radius 1 is 1.42 bits per heavy atom. The average molecular weight is 329 g/mol. The van der Waals surface area contributed by atoms with Crippen LogP contribution in [-0.4, -0.2) is 36.4 Å².